The van der Waals surface area contributed by atoms with Gasteiger partial charge >= 0.3 is 5.97 Å². The van der Waals surface area contributed by atoms with Gasteiger partial charge in [0.2, 0.25) is 0 Å². The lowest BCUT2D eigenvalue weighted by Crippen LogP contribution is -2.37. The van der Waals surface area contributed by atoms with Gasteiger partial charge in [0.1, 0.15) is 0 Å². The van der Waals surface area contributed by atoms with Crippen molar-refractivity contribution in [1.82, 2.24) is 5.32 Å². The zero-order valence-corrected chi connectivity index (χ0v) is 9.47. The van der Waals surface area contributed by atoms with Gasteiger partial charge in [0, 0.05) is 12.1 Å². The molecule has 84 valence electrons. The normalized spacial score (nSPS) is 22.9. The van der Waals surface area contributed by atoms with Gasteiger partial charge in [0.15, 0.2) is 11.3 Å². The second kappa shape index (κ2) is 3.73. The molecule has 2 N–H and O–H groups in total. The Balaban J connectivity index is 2.35. The summed E-state index contributed by atoms with van der Waals surface area (Å²) in [7, 11) is 0. The van der Waals surface area contributed by atoms with Gasteiger partial charge in [-0.1, -0.05) is 23.2 Å². The number of benzene rings is 1. The van der Waals surface area contributed by atoms with Crippen molar-refractivity contribution in [2.24, 2.45) is 0 Å². The third-order valence-corrected chi connectivity index (χ3v) is 3.20. The molecule has 0 radical (unpaired) electrons. The van der Waals surface area contributed by atoms with E-state index in [4.69, 9.17) is 28.3 Å². The summed E-state index contributed by atoms with van der Waals surface area (Å²) in [5.41, 5.74) is -1.24. The highest BCUT2D eigenvalue weighted by Gasteiger charge is 2.57. The van der Waals surface area contributed by atoms with Crippen LogP contribution in [-0.4, -0.2) is 28.9 Å². The summed E-state index contributed by atoms with van der Waals surface area (Å²) < 4.78 is 0. The minimum atomic E-state index is -1.48. The zero-order valence-electron chi connectivity index (χ0n) is 7.96. The van der Waals surface area contributed by atoms with Crippen LogP contribution in [0.1, 0.15) is 10.4 Å². The molecule has 0 aromatic heterocycles. The molecule has 0 amide bonds. The first-order valence-electron chi connectivity index (χ1n) is 4.45. The number of carbonyl (C=O) groups excluding carboxylic acids is 1. The minimum Gasteiger partial charge on any atom is -0.479 e. The van der Waals surface area contributed by atoms with Crippen molar-refractivity contribution in [2.75, 3.05) is 6.54 Å². The third-order valence-electron chi connectivity index (χ3n) is 2.46. The average Bonchev–Trinajstić information content (AvgIpc) is 3.02. The summed E-state index contributed by atoms with van der Waals surface area (Å²) in [6.45, 7) is 0.140. The van der Waals surface area contributed by atoms with Crippen LogP contribution in [0.4, 0.5) is 0 Å². The fraction of sp³-hybridized carbons (Fsp3) is 0.200. The van der Waals surface area contributed by atoms with E-state index in [9.17, 15) is 9.59 Å². The van der Waals surface area contributed by atoms with Gasteiger partial charge in [-0.15, -0.1) is 0 Å². The number of aliphatic carboxylic acids is 1. The molecule has 0 aliphatic carbocycles. The molecule has 1 aromatic carbocycles. The van der Waals surface area contributed by atoms with E-state index in [0.29, 0.717) is 5.02 Å². The molecule has 6 heteroatoms. The number of rotatable bonds is 3. The van der Waals surface area contributed by atoms with E-state index in [1.54, 1.807) is 0 Å². The Morgan fingerprint density at radius 2 is 1.94 bits per heavy atom. The standard InChI is InChI=1S/C10H7Cl2NO3/c11-6-2-1-5(3-7(6)12)8(14)10(4-13-10)9(15)16/h1-3,13H,4H2,(H,15,16). The first-order chi connectivity index (χ1) is 7.47. The monoisotopic (exact) mass is 259 g/mol. The van der Waals surface area contributed by atoms with Crippen LogP contribution in [0.15, 0.2) is 18.2 Å². The van der Waals surface area contributed by atoms with Crippen molar-refractivity contribution < 1.29 is 14.7 Å². The molecule has 0 saturated carbocycles. The van der Waals surface area contributed by atoms with E-state index in [1.807, 2.05) is 0 Å². The Morgan fingerprint density at radius 3 is 2.38 bits per heavy atom. The van der Waals surface area contributed by atoms with E-state index < -0.39 is 17.3 Å². The van der Waals surface area contributed by atoms with Crippen LogP contribution in [0.2, 0.25) is 10.0 Å². The van der Waals surface area contributed by atoms with Gasteiger partial charge in [0.05, 0.1) is 10.0 Å². The Morgan fingerprint density at radius 1 is 1.31 bits per heavy atom. The molecule has 1 aliphatic rings. The van der Waals surface area contributed by atoms with Crippen LogP contribution in [0.5, 0.6) is 0 Å². The number of carboxylic acid groups (broad SMARTS) is 1. The molecule has 1 aliphatic heterocycles. The maximum atomic E-state index is 11.9. The summed E-state index contributed by atoms with van der Waals surface area (Å²) >= 11 is 11.5. The molecular formula is C10H7Cl2NO3. The molecular weight excluding hydrogens is 253 g/mol. The Kier molecular flexibility index (Phi) is 2.66. The smallest absolute Gasteiger partial charge is 0.333 e. The van der Waals surface area contributed by atoms with E-state index in [2.05, 4.69) is 5.32 Å². The molecule has 4 nitrogen and oxygen atoms in total. The Hall–Kier alpha value is -1.10. The molecule has 1 saturated heterocycles. The number of halogens is 2. The topological polar surface area (TPSA) is 76.3 Å². The second-order valence-corrected chi connectivity index (χ2v) is 4.34. The van der Waals surface area contributed by atoms with Gasteiger partial charge in [0.25, 0.3) is 0 Å². The number of ketones is 1. The fourth-order valence-corrected chi connectivity index (χ4v) is 1.68. The van der Waals surface area contributed by atoms with Crippen LogP contribution < -0.4 is 5.32 Å². The van der Waals surface area contributed by atoms with Gasteiger partial charge in [-0.3, -0.25) is 10.1 Å². The van der Waals surface area contributed by atoms with Crippen LogP contribution in [0.3, 0.4) is 0 Å². The predicted molar refractivity (Wildman–Crippen MR) is 59.2 cm³/mol. The summed E-state index contributed by atoms with van der Waals surface area (Å²) in [5.74, 6) is -1.68. The van der Waals surface area contributed by atoms with Crippen molar-refractivity contribution in [2.45, 2.75) is 5.54 Å². The number of hydrogen-bond acceptors (Lipinski definition) is 3. The lowest BCUT2D eigenvalue weighted by Gasteiger charge is -2.07. The molecule has 16 heavy (non-hydrogen) atoms. The number of carboxylic acids is 1. The quantitative estimate of drug-likeness (QED) is 0.491. The second-order valence-electron chi connectivity index (χ2n) is 3.52. The van der Waals surface area contributed by atoms with Gasteiger partial charge < -0.3 is 5.11 Å². The molecule has 1 aromatic rings. The van der Waals surface area contributed by atoms with E-state index in [0.717, 1.165) is 0 Å². The highest BCUT2D eigenvalue weighted by Crippen LogP contribution is 2.28. The van der Waals surface area contributed by atoms with E-state index >= 15 is 0 Å². The minimum absolute atomic E-state index is 0.140. The summed E-state index contributed by atoms with van der Waals surface area (Å²) in [6.07, 6.45) is 0. The fourth-order valence-electron chi connectivity index (χ4n) is 1.38. The van der Waals surface area contributed by atoms with Gasteiger partial charge in [-0.2, -0.15) is 0 Å². The van der Waals surface area contributed by atoms with Gasteiger partial charge in [-0.05, 0) is 18.2 Å². The maximum absolute atomic E-state index is 11.9. The SMILES string of the molecule is O=C(O)C1(C(=O)c2ccc(Cl)c(Cl)c2)CN1. The van der Waals surface area contributed by atoms with Crippen molar-refractivity contribution in [3.8, 4) is 0 Å². The van der Waals surface area contributed by atoms with Crippen molar-refractivity contribution in [3.63, 3.8) is 0 Å². The predicted octanol–water partition coefficient (Wildman–Crippen LogP) is 1.60. The van der Waals surface area contributed by atoms with Crippen molar-refractivity contribution >= 4 is 35.0 Å². The molecule has 0 bridgehead atoms. The molecule has 0 spiro atoms. The lowest BCUT2D eigenvalue weighted by molar-refractivity contribution is -0.138. The summed E-state index contributed by atoms with van der Waals surface area (Å²) in [6, 6.07) is 4.30. The number of nitrogens with one attached hydrogen (secondary N) is 1. The Labute approximate surface area is 101 Å². The number of Topliss-reactive ketones (excluding diaryl/α,β-unsaturated/α-hetero) is 1. The molecule has 1 fully saturated rings. The summed E-state index contributed by atoms with van der Waals surface area (Å²) in [5, 5.41) is 12.0. The number of hydrogen-bond donors (Lipinski definition) is 2. The van der Waals surface area contributed by atoms with Crippen molar-refractivity contribution in [3.05, 3.63) is 33.8 Å². The highest BCUT2D eigenvalue weighted by atomic mass is 35.5. The van der Waals surface area contributed by atoms with E-state index in [1.165, 1.54) is 18.2 Å². The first-order valence-corrected chi connectivity index (χ1v) is 5.21. The van der Waals surface area contributed by atoms with Gasteiger partial charge in [-0.25, -0.2) is 4.79 Å². The van der Waals surface area contributed by atoms with E-state index in [-0.39, 0.29) is 17.1 Å². The molecule has 1 unspecified atom stereocenters. The Bertz CT molecular complexity index is 483. The van der Waals surface area contributed by atoms with Crippen LogP contribution >= 0.6 is 23.2 Å². The van der Waals surface area contributed by atoms with Crippen LogP contribution in [0.25, 0.3) is 0 Å². The maximum Gasteiger partial charge on any atom is 0.333 e. The van der Waals surface area contributed by atoms with Crippen molar-refractivity contribution in [1.29, 1.82) is 0 Å². The molecule has 2 rings (SSSR count). The largest absolute Gasteiger partial charge is 0.479 e. The van der Waals surface area contributed by atoms with Crippen LogP contribution in [0, 0.1) is 0 Å². The highest BCUT2D eigenvalue weighted by molar-refractivity contribution is 6.42. The first kappa shape index (κ1) is 11.4. The summed E-state index contributed by atoms with van der Waals surface area (Å²) in [4.78, 5) is 22.8. The zero-order chi connectivity index (χ0) is 11.9. The number of carbonyl (C=O) groups is 2. The lowest BCUT2D eigenvalue weighted by atomic mass is 9.98. The third kappa shape index (κ3) is 1.69. The average molecular weight is 260 g/mol. The molecule has 1 heterocycles. The molecule has 1 atom stereocenters. The van der Waals surface area contributed by atoms with Crippen LogP contribution in [-0.2, 0) is 4.79 Å².